The van der Waals surface area contributed by atoms with Crippen LogP contribution in [0.25, 0.3) is 0 Å². The summed E-state index contributed by atoms with van der Waals surface area (Å²) in [5.74, 6) is 0.423. The van der Waals surface area contributed by atoms with Gasteiger partial charge < -0.3 is 10.1 Å². The third-order valence-corrected chi connectivity index (χ3v) is 3.59. The fourth-order valence-electron chi connectivity index (χ4n) is 2.30. The molecule has 0 heterocycles. The first-order valence-corrected chi connectivity index (χ1v) is 8.14. The fraction of sp³-hybridized carbons (Fsp3) is 0.250. The van der Waals surface area contributed by atoms with E-state index in [0.717, 1.165) is 11.3 Å². The van der Waals surface area contributed by atoms with E-state index in [-0.39, 0.29) is 24.5 Å². The highest BCUT2D eigenvalue weighted by atomic mass is 16.5. The molecule has 1 N–H and O–H groups in total. The first kappa shape index (κ1) is 18.2. The number of amides is 1. The molecule has 0 aliphatic heterocycles. The molecule has 2 aromatic rings. The average Bonchev–Trinajstić information content (AvgIpc) is 2.62. The smallest absolute Gasteiger partial charge is 0.224 e. The van der Waals surface area contributed by atoms with Crippen LogP contribution in [0.3, 0.4) is 0 Å². The summed E-state index contributed by atoms with van der Waals surface area (Å²) >= 11 is 0. The van der Waals surface area contributed by atoms with Gasteiger partial charge in [0.05, 0.1) is 19.1 Å². The van der Waals surface area contributed by atoms with Crippen LogP contribution < -0.4 is 10.1 Å². The highest BCUT2D eigenvalue weighted by molar-refractivity contribution is 6.00. The molecule has 5 nitrogen and oxygen atoms in total. The highest BCUT2D eigenvalue weighted by Gasteiger charge is 2.10. The van der Waals surface area contributed by atoms with Crippen LogP contribution >= 0.6 is 0 Å². The lowest BCUT2D eigenvalue weighted by molar-refractivity contribution is -0.116. The average molecular weight is 336 g/mol. The number of carbonyl (C=O) groups is 2. The fourth-order valence-corrected chi connectivity index (χ4v) is 2.30. The van der Waals surface area contributed by atoms with Crippen LogP contribution in [0, 0.1) is 11.3 Å². The molecule has 1 amide bonds. The van der Waals surface area contributed by atoms with E-state index < -0.39 is 0 Å². The normalized spacial score (nSPS) is 9.92. The second-order valence-electron chi connectivity index (χ2n) is 5.46. The van der Waals surface area contributed by atoms with Gasteiger partial charge in [-0.2, -0.15) is 5.26 Å². The van der Waals surface area contributed by atoms with Crippen molar-refractivity contribution in [3.8, 4) is 11.8 Å². The number of ketones is 1. The van der Waals surface area contributed by atoms with Crippen molar-refractivity contribution in [3.63, 3.8) is 0 Å². The molecule has 0 aliphatic rings. The maximum Gasteiger partial charge on any atom is 0.224 e. The Morgan fingerprint density at radius 3 is 2.32 bits per heavy atom. The Bertz CT molecular complexity index is 759. The third kappa shape index (κ3) is 5.78. The lowest BCUT2D eigenvalue weighted by atomic mass is 10.1. The second kappa shape index (κ2) is 9.24. The number of anilines is 1. The van der Waals surface area contributed by atoms with E-state index in [9.17, 15) is 9.59 Å². The molecule has 0 saturated carbocycles. The predicted molar refractivity (Wildman–Crippen MR) is 95.6 cm³/mol. The van der Waals surface area contributed by atoms with Crippen LogP contribution in [0.1, 0.15) is 35.7 Å². The zero-order valence-corrected chi connectivity index (χ0v) is 14.1. The van der Waals surface area contributed by atoms with Gasteiger partial charge in [-0.25, -0.2) is 0 Å². The van der Waals surface area contributed by atoms with Crippen molar-refractivity contribution in [3.05, 3.63) is 59.7 Å². The largest absolute Gasteiger partial charge is 0.494 e. The van der Waals surface area contributed by atoms with Crippen molar-refractivity contribution in [1.29, 1.82) is 5.26 Å². The summed E-state index contributed by atoms with van der Waals surface area (Å²) in [4.78, 5) is 24.1. The van der Waals surface area contributed by atoms with Crippen molar-refractivity contribution in [2.45, 2.75) is 26.2 Å². The van der Waals surface area contributed by atoms with Crippen molar-refractivity contribution in [1.82, 2.24) is 0 Å². The summed E-state index contributed by atoms with van der Waals surface area (Å²) in [5.41, 5.74) is 2.11. The predicted octanol–water partition coefficient (Wildman–Crippen LogP) is 3.75. The zero-order chi connectivity index (χ0) is 18.1. The Balaban J connectivity index is 1.82. The van der Waals surface area contributed by atoms with Gasteiger partial charge in [-0.3, -0.25) is 9.59 Å². The molecule has 128 valence electrons. The number of rotatable bonds is 8. The summed E-state index contributed by atoms with van der Waals surface area (Å²) in [6, 6.07) is 16.1. The lowest BCUT2D eigenvalue weighted by Gasteiger charge is -2.06. The molecule has 0 bridgehead atoms. The highest BCUT2D eigenvalue weighted by Crippen LogP contribution is 2.15. The Hall–Kier alpha value is -3.13. The standard InChI is InChI=1S/C20H20N2O3/c1-2-25-18-9-5-16(6-10-18)19(23)11-12-20(24)22-17-7-3-15(4-8-17)13-14-21/h3-10H,2,11-13H2,1H3,(H,22,24). The van der Waals surface area contributed by atoms with Crippen LogP contribution in [-0.4, -0.2) is 18.3 Å². The monoisotopic (exact) mass is 336 g/mol. The molecule has 0 radical (unpaired) electrons. The van der Waals surface area contributed by atoms with E-state index >= 15 is 0 Å². The number of Topliss-reactive ketones (excluding diaryl/α,β-unsaturated/α-hetero) is 1. The van der Waals surface area contributed by atoms with Crippen LogP contribution in [-0.2, 0) is 11.2 Å². The zero-order valence-electron chi connectivity index (χ0n) is 14.1. The molecular weight excluding hydrogens is 316 g/mol. The molecule has 0 spiro atoms. The van der Waals surface area contributed by atoms with Crippen molar-refractivity contribution in [2.24, 2.45) is 0 Å². The molecule has 0 saturated heterocycles. The Labute approximate surface area is 147 Å². The molecule has 0 aliphatic carbocycles. The SMILES string of the molecule is CCOc1ccc(C(=O)CCC(=O)Nc2ccc(CC#N)cc2)cc1. The van der Waals surface area contributed by atoms with E-state index in [1.54, 1.807) is 48.5 Å². The number of benzene rings is 2. The van der Waals surface area contributed by atoms with Crippen molar-refractivity contribution < 1.29 is 14.3 Å². The quantitative estimate of drug-likeness (QED) is 0.745. The summed E-state index contributed by atoms with van der Waals surface area (Å²) in [7, 11) is 0. The first-order chi connectivity index (χ1) is 12.1. The molecule has 0 fully saturated rings. The number of nitrogens with zero attached hydrogens (tertiary/aromatic N) is 1. The summed E-state index contributed by atoms with van der Waals surface area (Å²) < 4.78 is 5.34. The van der Waals surface area contributed by atoms with Gasteiger partial charge in [0.1, 0.15) is 5.75 Å². The molecule has 2 rings (SSSR count). The van der Waals surface area contributed by atoms with Gasteiger partial charge in [0.25, 0.3) is 0 Å². The van der Waals surface area contributed by atoms with Crippen molar-refractivity contribution >= 4 is 17.4 Å². The summed E-state index contributed by atoms with van der Waals surface area (Å²) in [6.07, 6.45) is 0.600. The number of hydrogen-bond donors (Lipinski definition) is 1. The van der Waals surface area contributed by atoms with Gasteiger partial charge in [-0.1, -0.05) is 12.1 Å². The minimum Gasteiger partial charge on any atom is -0.494 e. The Kier molecular flexibility index (Phi) is 6.73. The minimum absolute atomic E-state index is 0.0810. The molecule has 0 aromatic heterocycles. The Morgan fingerprint density at radius 2 is 1.72 bits per heavy atom. The van der Waals surface area contributed by atoms with E-state index in [1.165, 1.54) is 0 Å². The van der Waals surface area contributed by atoms with Crippen LogP contribution in [0.5, 0.6) is 5.75 Å². The van der Waals surface area contributed by atoms with Gasteiger partial charge in [0.15, 0.2) is 5.78 Å². The Morgan fingerprint density at radius 1 is 1.04 bits per heavy atom. The number of hydrogen-bond acceptors (Lipinski definition) is 4. The van der Waals surface area contributed by atoms with Gasteiger partial charge >= 0.3 is 0 Å². The lowest BCUT2D eigenvalue weighted by Crippen LogP contribution is -2.13. The summed E-state index contributed by atoms with van der Waals surface area (Å²) in [5, 5.41) is 11.4. The topological polar surface area (TPSA) is 79.2 Å². The maximum atomic E-state index is 12.1. The van der Waals surface area contributed by atoms with Gasteiger partial charge in [-0.05, 0) is 48.9 Å². The van der Waals surface area contributed by atoms with Crippen LogP contribution in [0.15, 0.2) is 48.5 Å². The molecule has 2 aromatic carbocycles. The van der Waals surface area contributed by atoms with E-state index in [4.69, 9.17) is 10.00 Å². The van der Waals surface area contributed by atoms with Crippen molar-refractivity contribution in [2.75, 3.05) is 11.9 Å². The second-order valence-corrected chi connectivity index (χ2v) is 5.46. The molecule has 5 heteroatoms. The molecular formula is C20H20N2O3. The minimum atomic E-state index is -0.215. The van der Waals surface area contributed by atoms with Gasteiger partial charge in [-0.15, -0.1) is 0 Å². The van der Waals surface area contributed by atoms with Gasteiger partial charge in [0, 0.05) is 24.1 Å². The van der Waals surface area contributed by atoms with Gasteiger partial charge in [0.2, 0.25) is 5.91 Å². The maximum absolute atomic E-state index is 12.1. The third-order valence-electron chi connectivity index (χ3n) is 3.59. The summed E-state index contributed by atoms with van der Waals surface area (Å²) in [6.45, 7) is 2.47. The van der Waals surface area contributed by atoms with E-state index in [1.807, 2.05) is 6.92 Å². The number of ether oxygens (including phenoxy) is 1. The number of nitriles is 1. The molecule has 25 heavy (non-hydrogen) atoms. The van der Waals surface area contributed by atoms with Crippen LogP contribution in [0.2, 0.25) is 0 Å². The number of carbonyl (C=O) groups excluding carboxylic acids is 2. The molecule has 0 atom stereocenters. The van der Waals surface area contributed by atoms with E-state index in [2.05, 4.69) is 11.4 Å². The van der Waals surface area contributed by atoms with E-state index in [0.29, 0.717) is 24.3 Å². The number of nitrogens with one attached hydrogen (secondary N) is 1. The first-order valence-electron chi connectivity index (χ1n) is 8.14. The molecule has 0 unspecified atom stereocenters. The van der Waals surface area contributed by atoms with Crippen LogP contribution in [0.4, 0.5) is 5.69 Å².